The van der Waals surface area contributed by atoms with Crippen molar-refractivity contribution in [1.82, 2.24) is 5.32 Å². The molecule has 1 heterocycles. The van der Waals surface area contributed by atoms with Gasteiger partial charge in [-0.05, 0) is 25.7 Å². The first-order valence-electron chi connectivity index (χ1n) is 6.06. The average molecular weight is 213 g/mol. The fourth-order valence-corrected chi connectivity index (χ4v) is 2.49. The molecule has 0 radical (unpaired) electrons. The smallest absolute Gasteiger partial charge is 0.0586 e. The summed E-state index contributed by atoms with van der Waals surface area (Å²) in [5.41, 5.74) is 0.389. The van der Waals surface area contributed by atoms with Gasteiger partial charge in [0.15, 0.2) is 0 Å². The number of ether oxygens (including phenoxy) is 2. The lowest BCUT2D eigenvalue weighted by Crippen LogP contribution is -2.50. The second kappa shape index (κ2) is 4.81. The van der Waals surface area contributed by atoms with E-state index < -0.39 is 0 Å². The molecule has 3 heteroatoms. The Hall–Kier alpha value is -0.120. The molecule has 0 spiro atoms. The van der Waals surface area contributed by atoms with Crippen molar-refractivity contribution in [3.05, 3.63) is 0 Å². The van der Waals surface area contributed by atoms with Gasteiger partial charge >= 0.3 is 0 Å². The zero-order chi connectivity index (χ0) is 10.7. The zero-order valence-corrected chi connectivity index (χ0v) is 9.92. The van der Waals surface area contributed by atoms with E-state index >= 15 is 0 Å². The second-order valence-corrected chi connectivity index (χ2v) is 5.41. The molecule has 1 saturated carbocycles. The van der Waals surface area contributed by atoms with Crippen LogP contribution in [0.2, 0.25) is 0 Å². The standard InChI is InChI=1S/C12H23NO2/c1-12(8-15-9-12)7-13-10-4-3-5-11(6-10)14-2/h10-11,13H,3-9H2,1-2H3. The van der Waals surface area contributed by atoms with Gasteiger partial charge in [-0.2, -0.15) is 0 Å². The highest BCUT2D eigenvalue weighted by Gasteiger charge is 2.34. The van der Waals surface area contributed by atoms with Gasteiger partial charge in [-0.15, -0.1) is 0 Å². The van der Waals surface area contributed by atoms with Crippen molar-refractivity contribution in [3.63, 3.8) is 0 Å². The molecule has 3 nitrogen and oxygen atoms in total. The van der Waals surface area contributed by atoms with Crippen LogP contribution in [-0.4, -0.2) is 39.0 Å². The third-order valence-electron chi connectivity index (χ3n) is 3.68. The molecule has 88 valence electrons. The van der Waals surface area contributed by atoms with Gasteiger partial charge in [0.1, 0.15) is 0 Å². The largest absolute Gasteiger partial charge is 0.381 e. The van der Waals surface area contributed by atoms with E-state index in [-0.39, 0.29) is 0 Å². The highest BCUT2D eigenvalue weighted by Crippen LogP contribution is 2.27. The summed E-state index contributed by atoms with van der Waals surface area (Å²) in [5.74, 6) is 0. The Kier molecular flexibility index (Phi) is 3.65. The maximum atomic E-state index is 5.43. The van der Waals surface area contributed by atoms with Crippen LogP contribution >= 0.6 is 0 Å². The van der Waals surface area contributed by atoms with E-state index in [1.807, 2.05) is 7.11 Å². The summed E-state index contributed by atoms with van der Waals surface area (Å²) in [6.45, 7) is 5.22. The van der Waals surface area contributed by atoms with Crippen LogP contribution in [0, 0.1) is 5.41 Å². The molecular weight excluding hydrogens is 190 g/mol. The molecule has 0 aromatic carbocycles. The predicted molar refractivity (Wildman–Crippen MR) is 60.0 cm³/mol. The summed E-state index contributed by atoms with van der Waals surface area (Å²) in [4.78, 5) is 0. The summed E-state index contributed by atoms with van der Waals surface area (Å²) in [6, 6.07) is 0.654. The van der Waals surface area contributed by atoms with Crippen LogP contribution in [0.1, 0.15) is 32.6 Å². The normalized spacial score (nSPS) is 34.8. The minimum atomic E-state index is 0.389. The maximum absolute atomic E-state index is 5.43. The van der Waals surface area contributed by atoms with Crippen LogP contribution in [0.5, 0.6) is 0 Å². The van der Waals surface area contributed by atoms with Gasteiger partial charge in [0.2, 0.25) is 0 Å². The molecule has 1 aliphatic heterocycles. The van der Waals surface area contributed by atoms with E-state index in [1.54, 1.807) is 0 Å². The van der Waals surface area contributed by atoms with Gasteiger partial charge < -0.3 is 14.8 Å². The third-order valence-corrected chi connectivity index (χ3v) is 3.68. The predicted octanol–water partition coefficient (Wildman–Crippen LogP) is 1.57. The van der Waals surface area contributed by atoms with Gasteiger partial charge in [-0.3, -0.25) is 0 Å². The van der Waals surface area contributed by atoms with Crippen LogP contribution in [0.3, 0.4) is 0 Å². The first-order chi connectivity index (χ1) is 7.22. The Morgan fingerprint density at radius 1 is 1.40 bits per heavy atom. The van der Waals surface area contributed by atoms with Crippen molar-refractivity contribution in [1.29, 1.82) is 0 Å². The molecule has 15 heavy (non-hydrogen) atoms. The molecule has 0 bridgehead atoms. The van der Waals surface area contributed by atoms with Crippen molar-refractivity contribution in [3.8, 4) is 0 Å². The molecule has 2 fully saturated rings. The minimum Gasteiger partial charge on any atom is -0.381 e. The number of methoxy groups -OCH3 is 1. The van der Waals surface area contributed by atoms with Crippen LogP contribution in [-0.2, 0) is 9.47 Å². The van der Waals surface area contributed by atoms with E-state index in [1.165, 1.54) is 25.7 Å². The van der Waals surface area contributed by atoms with Crippen molar-refractivity contribution in [2.24, 2.45) is 5.41 Å². The average Bonchev–Trinajstić information content (AvgIpc) is 2.24. The van der Waals surface area contributed by atoms with Gasteiger partial charge in [0, 0.05) is 25.1 Å². The summed E-state index contributed by atoms with van der Waals surface area (Å²) < 4.78 is 10.7. The first kappa shape index (κ1) is 11.4. The van der Waals surface area contributed by atoms with Crippen molar-refractivity contribution >= 4 is 0 Å². The fourth-order valence-electron chi connectivity index (χ4n) is 2.49. The van der Waals surface area contributed by atoms with Crippen LogP contribution < -0.4 is 5.32 Å². The Bertz CT molecular complexity index is 204. The summed E-state index contributed by atoms with van der Waals surface area (Å²) in [5, 5.41) is 3.67. The van der Waals surface area contributed by atoms with E-state index in [0.29, 0.717) is 17.6 Å². The monoisotopic (exact) mass is 213 g/mol. The second-order valence-electron chi connectivity index (χ2n) is 5.41. The lowest BCUT2D eigenvalue weighted by molar-refractivity contribution is -0.101. The molecule has 1 N–H and O–H groups in total. The van der Waals surface area contributed by atoms with Crippen molar-refractivity contribution < 1.29 is 9.47 Å². The lowest BCUT2D eigenvalue weighted by Gasteiger charge is -2.40. The molecule has 0 aromatic heterocycles. The van der Waals surface area contributed by atoms with Crippen LogP contribution in [0.4, 0.5) is 0 Å². The van der Waals surface area contributed by atoms with E-state index in [2.05, 4.69) is 12.2 Å². The van der Waals surface area contributed by atoms with Gasteiger partial charge in [0.25, 0.3) is 0 Å². The molecular formula is C12H23NO2. The number of nitrogens with one attached hydrogen (secondary N) is 1. The highest BCUT2D eigenvalue weighted by molar-refractivity contribution is 4.86. The fraction of sp³-hybridized carbons (Fsp3) is 1.00. The van der Waals surface area contributed by atoms with E-state index in [9.17, 15) is 0 Å². The quantitative estimate of drug-likeness (QED) is 0.769. The minimum absolute atomic E-state index is 0.389. The SMILES string of the molecule is COC1CCCC(NCC2(C)COC2)C1. The van der Waals surface area contributed by atoms with Gasteiger partial charge in [-0.1, -0.05) is 6.92 Å². The summed E-state index contributed by atoms with van der Waals surface area (Å²) in [7, 11) is 1.83. The Morgan fingerprint density at radius 3 is 2.80 bits per heavy atom. The summed E-state index contributed by atoms with van der Waals surface area (Å²) >= 11 is 0. The number of hydrogen-bond acceptors (Lipinski definition) is 3. The zero-order valence-electron chi connectivity index (χ0n) is 9.92. The number of hydrogen-bond donors (Lipinski definition) is 1. The molecule has 2 rings (SSSR count). The molecule has 0 amide bonds. The maximum Gasteiger partial charge on any atom is 0.0586 e. The van der Waals surface area contributed by atoms with E-state index in [4.69, 9.17) is 9.47 Å². The lowest BCUT2D eigenvalue weighted by atomic mass is 9.87. The van der Waals surface area contributed by atoms with Crippen molar-refractivity contribution in [2.75, 3.05) is 26.9 Å². The molecule has 1 aliphatic carbocycles. The molecule has 2 atom stereocenters. The molecule has 2 aliphatic rings. The first-order valence-corrected chi connectivity index (χ1v) is 6.06. The van der Waals surface area contributed by atoms with Gasteiger partial charge in [-0.25, -0.2) is 0 Å². The molecule has 2 unspecified atom stereocenters. The van der Waals surface area contributed by atoms with Gasteiger partial charge in [0.05, 0.1) is 19.3 Å². The Labute approximate surface area is 92.5 Å². The summed E-state index contributed by atoms with van der Waals surface area (Å²) in [6.07, 6.45) is 5.48. The highest BCUT2D eigenvalue weighted by atomic mass is 16.5. The van der Waals surface area contributed by atoms with Crippen molar-refractivity contribution in [2.45, 2.75) is 44.8 Å². The van der Waals surface area contributed by atoms with Crippen LogP contribution in [0.25, 0.3) is 0 Å². The topological polar surface area (TPSA) is 30.5 Å². The molecule has 0 aromatic rings. The molecule has 1 saturated heterocycles. The van der Waals surface area contributed by atoms with E-state index in [0.717, 1.165) is 19.8 Å². The third kappa shape index (κ3) is 2.92. The Balaban J connectivity index is 1.69. The number of rotatable bonds is 4. The Morgan fingerprint density at radius 2 is 2.20 bits per heavy atom. The van der Waals surface area contributed by atoms with Crippen LogP contribution in [0.15, 0.2) is 0 Å².